The van der Waals surface area contributed by atoms with E-state index < -0.39 is 69.3 Å². The number of rotatable bonds is 7. The van der Waals surface area contributed by atoms with Crippen LogP contribution in [0.3, 0.4) is 0 Å². The molecule has 2 fully saturated rings. The zero-order chi connectivity index (χ0) is 31.0. The number of aliphatic carboxylic acids is 1. The minimum Gasteiger partial charge on any atom is -0.481 e. The van der Waals surface area contributed by atoms with Crippen LogP contribution in [0.5, 0.6) is 0 Å². The Morgan fingerprint density at radius 2 is 1.59 bits per heavy atom. The Hall–Kier alpha value is -2.68. The molecule has 9 nitrogen and oxygen atoms in total. The molecule has 0 saturated heterocycles. The summed E-state index contributed by atoms with van der Waals surface area (Å²) >= 11 is 0. The number of carbonyl (C=O) groups excluding carboxylic acids is 5. The average molecular weight is 573 g/mol. The number of hydrogen-bond donors (Lipinski definition) is 2. The maximum Gasteiger partial charge on any atom is 0.306 e. The maximum absolute atomic E-state index is 14.6. The van der Waals surface area contributed by atoms with Gasteiger partial charge in [-0.3, -0.25) is 28.8 Å². The first-order chi connectivity index (χ1) is 18.8. The molecule has 0 spiro atoms. The normalized spacial score (nSPS) is 39.4. The van der Waals surface area contributed by atoms with Gasteiger partial charge in [0, 0.05) is 54.6 Å². The van der Waals surface area contributed by atoms with Gasteiger partial charge in [-0.15, -0.1) is 0 Å². The molecule has 0 radical (unpaired) electrons. The smallest absolute Gasteiger partial charge is 0.306 e. The molecule has 4 aliphatic rings. The van der Waals surface area contributed by atoms with Gasteiger partial charge in [0.2, 0.25) is 5.78 Å². The van der Waals surface area contributed by atoms with Crippen LogP contribution in [0.2, 0.25) is 0 Å². The van der Waals surface area contributed by atoms with E-state index in [2.05, 4.69) is 0 Å². The zero-order valence-electron chi connectivity index (χ0n) is 25.5. The van der Waals surface area contributed by atoms with Crippen LogP contribution in [0.1, 0.15) is 93.9 Å². The number of ketones is 4. The summed E-state index contributed by atoms with van der Waals surface area (Å²) in [6.45, 7) is 13.6. The molecule has 2 N–H and O–H groups in total. The van der Waals surface area contributed by atoms with Crippen molar-refractivity contribution in [2.75, 3.05) is 0 Å². The first-order valence-electron chi connectivity index (χ1n) is 14.7. The van der Waals surface area contributed by atoms with Crippen LogP contribution < -0.4 is 0 Å². The summed E-state index contributed by atoms with van der Waals surface area (Å²) in [5, 5.41) is 20.1. The molecule has 9 atom stereocenters. The summed E-state index contributed by atoms with van der Waals surface area (Å²) in [6, 6.07) is 0. The van der Waals surface area contributed by atoms with Crippen molar-refractivity contribution < 1.29 is 43.7 Å². The van der Waals surface area contributed by atoms with Crippen molar-refractivity contribution in [1.82, 2.24) is 0 Å². The van der Waals surface area contributed by atoms with E-state index in [9.17, 15) is 39.0 Å². The zero-order valence-corrected chi connectivity index (χ0v) is 25.5. The Kier molecular flexibility index (Phi) is 7.59. The number of esters is 1. The van der Waals surface area contributed by atoms with Gasteiger partial charge in [-0.05, 0) is 42.9 Å². The summed E-state index contributed by atoms with van der Waals surface area (Å²) in [7, 11) is 0. The Bertz CT molecular complexity index is 1260. The second-order valence-corrected chi connectivity index (χ2v) is 14.4. The highest BCUT2D eigenvalue weighted by molar-refractivity contribution is 6.18. The second-order valence-electron chi connectivity index (χ2n) is 14.4. The fraction of sp³-hybridized carbons (Fsp3) is 0.750. The van der Waals surface area contributed by atoms with E-state index in [4.69, 9.17) is 4.74 Å². The molecular weight excluding hydrogens is 528 g/mol. The fourth-order valence-electron chi connectivity index (χ4n) is 9.17. The molecule has 0 aliphatic heterocycles. The van der Waals surface area contributed by atoms with Gasteiger partial charge in [0.25, 0.3) is 0 Å². The van der Waals surface area contributed by atoms with E-state index in [-0.39, 0.29) is 60.1 Å². The van der Waals surface area contributed by atoms with E-state index >= 15 is 0 Å². The van der Waals surface area contributed by atoms with Crippen LogP contribution in [-0.2, 0) is 33.5 Å². The summed E-state index contributed by atoms with van der Waals surface area (Å²) < 4.78 is 5.80. The van der Waals surface area contributed by atoms with Crippen molar-refractivity contribution in [3.8, 4) is 0 Å². The van der Waals surface area contributed by atoms with Gasteiger partial charge < -0.3 is 14.9 Å². The Balaban J connectivity index is 1.88. The Morgan fingerprint density at radius 1 is 0.976 bits per heavy atom. The fourth-order valence-corrected chi connectivity index (χ4v) is 9.17. The van der Waals surface area contributed by atoms with Crippen LogP contribution in [0.15, 0.2) is 11.1 Å². The van der Waals surface area contributed by atoms with Gasteiger partial charge in [-0.2, -0.15) is 0 Å². The predicted molar refractivity (Wildman–Crippen MR) is 147 cm³/mol. The topological polar surface area (TPSA) is 152 Å². The number of hydrogen-bond acceptors (Lipinski definition) is 8. The molecule has 4 rings (SSSR count). The second kappa shape index (κ2) is 9.96. The van der Waals surface area contributed by atoms with Gasteiger partial charge in [-0.25, -0.2) is 0 Å². The molecule has 226 valence electrons. The van der Waals surface area contributed by atoms with Crippen LogP contribution in [0, 0.1) is 45.3 Å². The standard InChI is InChI=1S/C32H44O9/c1-15(11-18(34)12-16(2)28(39)40)19-13-23(37)32(8)24-20(35)14-21-29(4,5)22(36)9-10-30(21,6)25(24)26(38)27(31(19,32)7)41-17(3)33/h15-16,19,21-22,27,36H,9-14H2,1-8H3,(H,39,40)/t15?,16?,19-,21-,22+,27-,30+,31+,32+/m1/s1. The quantitative estimate of drug-likeness (QED) is 0.433. The molecule has 4 aliphatic carbocycles. The molecule has 0 aromatic heterocycles. The maximum atomic E-state index is 14.6. The van der Waals surface area contributed by atoms with Gasteiger partial charge in [0.15, 0.2) is 11.9 Å². The molecule has 0 bridgehead atoms. The van der Waals surface area contributed by atoms with Crippen molar-refractivity contribution in [2.24, 2.45) is 45.3 Å². The highest BCUT2D eigenvalue weighted by atomic mass is 16.5. The SMILES string of the molecule is CC(=O)O[C@@H]1C(=O)C2=C(C(=O)C[C@@H]3C(C)(C)[C@@H](O)CC[C@]23C)[C@]2(C)C(=O)C[C@H](C(C)CC(=O)CC(C)C(=O)O)[C@@]12C. The molecule has 41 heavy (non-hydrogen) atoms. The Labute approximate surface area is 241 Å². The van der Waals surface area contributed by atoms with Gasteiger partial charge in [0.1, 0.15) is 11.6 Å². The summed E-state index contributed by atoms with van der Waals surface area (Å²) in [4.78, 5) is 79.5. The third-order valence-electron chi connectivity index (χ3n) is 11.8. The van der Waals surface area contributed by atoms with Gasteiger partial charge in [0.05, 0.1) is 17.4 Å². The van der Waals surface area contributed by atoms with Crippen LogP contribution in [0.4, 0.5) is 0 Å². The van der Waals surface area contributed by atoms with E-state index in [1.54, 1.807) is 20.8 Å². The molecule has 2 saturated carbocycles. The van der Waals surface area contributed by atoms with E-state index in [1.807, 2.05) is 20.8 Å². The van der Waals surface area contributed by atoms with Crippen molar-refractivity contribution in [3.63, 3.8) is 0 Å². The number of carboxylic acid groups (broad SMARTS) is 1. The van der Waals surface area contributed by atoms with Crippen LogP contribution in [0.25, 0.3) is 0 Å². The lowest BCUT2D eigenvalue weighted by molar-refractivity contribution is -0.176. The van der Waals surface area contributed by atoms with Crippen molar-refractivity contribution in [1.29, 1.82) is 0 Å². The minimum atomic E-state index is -1.43. The van der Waals surface area contributed by atoms with Crippen molar-refractivity contribution >= 4 is 35.1 Å². The number of aliphatic hydroxyl groups is 1. The molecule has 0 amide bonds. The highest BCUT2D eigenvalue weighted by Gasteiger charge is 2.74. The summed E-state index contributed by atoms with van der Waals surface area (Å²) in [5.41, 5.74) is -3.73. The number of allylic oxidation sites excluding steroid dienone is 1. The molecular formula is C32H44O9. The predicted octanol–water partition coefficient (Wildman–Crippen LogP) is 3.88. The van der Waals surface area contributed by atoms with Crippen molar-refractivity contribution in [2.45, 2.75) is 106 Å². The number of fused-ring (bicyclic) bond motifs is 4. The first kappa shape index (κ1) is 31.3. The molecule has 9 heteroatoms. The largest absolute Gasteiger partial charge is 0.481 e. The van der Waals surface area contributed by atoms with Crippen LogP contribution in [-0.4, -0.2) is 57.5 Å². The number of carboxylic acids is 1. The number of aliphatic hydroxyl groups excluding tert-OH is 1. The summed E-state index contributed by atoms with van der Waals surface area (Å²) in [6.07, 6.45) is -1.19. The van der Waals surface area contributed by atoms with Crippen molar-refractivity contribution in [3.05, 3.63) is 11.1 Å². The number of carbonyl (C=O) groups is 6. The Morgan fingerprint density at radius 3 is 2.15 bits per heavy atom. The molecule has 0 aromatic carbocycles. The average Bonchev–Trinajstić information content (AvgIpc) is 3.07. The van der Waals surface area contributed by atoms with E-state index in [1.165, 1.54) is 13.8 Å². The monoisotopic (exact) mass is 572 g/mol. The lowest BCUT2D eigenvalue weighted by atomic mass is 9.42. The first-order valence-corrected chi connectivity index (χ1v) is 14.7. The van der Waals surface area contributed by atoms with Gasteiger partial charge >= 0.3 is 11.9 Å². The summed E-state index contributed by atoms with van der Waals surface area (Å²) in [5.74, 6) is -5.24. The van der Waals surface area contributed by atoms with E-state index in [0.29, 0.717) is 12.8 Å². The highest BCUT2D eigenvalue weighted by Crippen LogP contribution is 2.70. The number of ether oxygens (including phenoxy) is 1. The molecule has 2 unspecified atom stereocenters. The lowest BCUT2D eigenvalue weighted by Crippen LogP contribution is -2.65. The third-order valence-corrected chi connectivity index (χ3v) is 11.8. The molecule has 0 heterocycles. The molecule has 0 aromatic rings. The lowest BCUT2D eigenvalue weighted by Gasteiger charge is -2.61. The minimum absolute atomic E-state index is 0.00458. The number of Topliss-reactive ketones (excluding diaryl/α,β-unsaturated/α-hetero) is 4. The third kappa shape index (κ3) is 4.28. The van der Waals surface area contributed by atoms with Gasteiger partial charge in [-0.1, -0.05) is 41.5 Å². The van der Waals surface area contributed by atoms with Crippen LogP contribution >= 0.6 is 0 Å². The van der Waals surface area contributed by atoms with E-state index in [0.717, 1.165) is 0 Å².